The van der Waals surface area contributed by atoms with E-state index in [1.165, 1.54) is 0 Å². The van der Waals surface area contributed by atoms with Crippen LogP contribution in [-0.4, -0.2) is 238 Å². The Hall–Kier alpha value is -4.85. The van der Waals surface area contributed by atoms with Crippen molar-refractivity contribution in [3.63, 3.8) is 0 Å². The van der Waals surface area contributed by atoms with E-state index < -0.39 is 17.9 Å². The van der Waals surface area contributed by atoms with Crippen molar-refractivity contribution in [3.8, 4) is 0 Å². The number of hydrogen-bond acceptors (Lipinski definition) is 18. The predicted molar refractivity (Wildman–Crippen MR) is 213 cm³/mol. The number of anilines is 3. The number of rotatable bonds is 29. The summed E-state index contributed by atoms with van der Waals surface area (Å²) in [6, 6.07) is 0. The molecule has 59 heavy (non-hydrogen) atoms. The molecule has 2 heterocycles. The van der Waals surface area contributed by atoms with E-state index in [0.29, 0.717) is 117 Å². The molecule has 0 aromatic carbocycles. The first-order valence-electron chi connectivity index (χ1n) is 19.5. The molecule has 1 aromatic heterocycles. The summed E-state index contributed by atoms with van der Waals surface area (Å²) >= 11 is 0. The van der Waals surface area contributed by atoms with Gasteiger partial charge < -0.3 is 50.4 Å². The number of carbonyl (C=O) groups excluding carboxylic acids is 3. The summed E-state index contributed by atoms with van der Waals surface area (Å²) in [6.07, 6.45) is 1.95. The van der Waals surface area contributed by atoms with Gasteiger partial charge in [0, 0.05) is 86.1 Å². The van der Waals surface area contributed by atoms with Gasteiger partial charge in [-0.2, -0.15) is 15.0 Å². The SMILES string of the molecule is CN(C)c1nc(NCCCCNC(=O)CN2CCN(CC(=O)O)CCN(CC(=O)O)CCN(CC(=O)O)CC2)nc(NC(=O)CCOCCOCCOCCNC=O)n1. The second-order valence-electron chi connectivity index (χ2n) is 13.7. The quantitative estimate of drug-likeness (QED) is 0.0310. The largest absolute Gasteiger partial charge is 0.480 e. The molecule has 0 unspecified atom stereocenters. The first-order valence-corrected chi connectivity index (χ1v) is 19.5. The van der Waals surface area contributed by atoms with E-state index in [1.54, 1.807) is 33.7 Å². The normalized spacial score (nSPS) is 15.0. The molecule has 0 saturated carbocycles. The fourth-order valence-corrected chi connectivity index (χ4v) is 5.51. The molecule has 1 aliphatic heterocycles. The minimum absolute atomic E-state index is 0.0261. The van der Waals surface area contributed by atoms with Gasteiger partial charge in [0.1, 0.15) is 0 Å². The lowest BCUT2D eigenvalue weighted by Crippen LogP contribution is -2.49. The standard InChI is InChI=1S/C35H62N12O12/c1-43(2)35-41-33(40-34(42-35)39-28(49)5-17-57-19-21-59-22-20-58-18-8-36-27-48)38-7-4-3-6-37-29(50)23-44-9-11-45(24-30(51)52)13-15-47(26-32(55)56)16-14-46(12-10-44)25-31(53)54/h27H,3-26H2,1-2H3,(H,36,48)(H,37,50)(H,51,52)(H,53,54)(H,55,56)(H2,38,39,40,41,42,49). The summed E-state index contributed by atoms with van der Waals surface area (Å²) in [5.74, 6) is -2.97. The zero-order valence-corrected chi connectivity index (χ0v) is 34.1. The maximum Gasteiger partial charge on any atom is 0.317 e. The van der Waals surface area contributed by atoms with E-state index in [2.05, 4.69) is 36.2 Å². The van der Waals surface area contributed by atoms with Gasteiger partial charge in [0.05, 0.1) is 72.2 Å². The van der Waals surface area contributed by atoms with Gasteiger partial charge in [0.2, 0.25) is 36.1 Å². The fourth-order valence-electron chi connectivity index (χ4n) is 5.51. The lowest BCUT2D eigenvalue weighted by Gasteiger charge is -2.32. The van der Waals surface area contributed by atoms with Crippen molar-refractivity contribution >= 4 is 54.0 Å². The average Bonchev–Trinajstić information content (AvgIpc) is 3.16. The molecule has 24 nitrogen and oxygen atoms in total. The van der Waals surface area contributed by atoms with Crippen LogP contribution in [0.1, 0.15) is 19.3 Å². The number of nitrogens with zero attached hydrogens (tertiary/aromatic N) is 8. The third kappa shape index (κ3) is 25.3. The van der Waals surface area contributed by atoms with Gasteiger partial charge in [-0.25, -0.2) is 0 Å². The van der Waals surface area contributed by atoms with Gasteiger partial charge in [-0.05, 0) is 12.8 Å². The molecule has 1 saturated heterocycles. The fraction of sp³-hybridized carbons (Fsp3) is 0.743. The summed E-state index contributed by atoms with van der Waals surface area (Å²) in [6.45, 7) is 5.03. The van der Waals surface area contributed by atoms with Gasteiger partial charge in [0.15, 0.2) is 0 Å². The van der Waals surface area contributed by atoms with E-state index in [1.807, 2.05) is 4.90 Å². The molecular formula is C35H62N12O12. The highest BCUT2D eigenvalue weighted by molar-refractivity contribution is 5.89. The molecule has 0 bridgehead atoms. The number of amides is 3. The van der Waals surface area contributed by atoms with Crippen LogP contribution in [0.5, 0.6) is 0 Å². The summed E-state index contributed by atoms with van der Waals surface area (Å²) in [5.41, 5.74) is 0. The van der Waals surface area contributed by atoms with Crippen molar-refractivity contribution in [2.24, 2.45) is 0 Å². The molecule has 2 rings (SSSR count). The Morgan fingerprint density at radius 2 is 1.07 bits per heavy atom. The van der Waals surface area contributed by atoms with E-state index >= 15 is 0 Å². The highest BCUT2D eigenvalue weighted by Crippen LogP contribution is 2.12. The van der Waals surface area contributed by atoms with Crippen molar-refractivity contribution in [1.29, 1.82) is 0 Å². The van der Waals surface area contributed by atoms with Crippen LogP contribution in [0.15, 0.2) is 0 Å². The van der Waals surface area contributed by atoms with Crippen LogP contribution in [0, 0.1) is 0 Å². The number of ether oxygens (including phenoxy) is 3. The monoisotopic (exact) mass is 842 g/mol. The van der Waals surface area contributed by atoms with Crippen LogP contribution >= 0.6 is 0 Å². The Labute approximate surface area is 343 Å². The maximum atomic E-state index is 13.0. The molecule has 7 N–H and O–H groups in total. The highest BCUT2D eigenvalue weighted by Gasteiger charge is 2.21. The lowest BCUT2D eigenvalue weighted by molar-refractivity contribution is -0.140. The number of aromatic nitrogens is 3. The second kappa shape index (κ2) is 30.2. The lowest BCUT2D eigenvalue weighted by atomic mass is 10.3. The zero-order chi connectivity index (χ0) is 43.3. The number of carbonyl (C=O) groups is 6. The number of aliphatic carboxylic acids is 3. The minimum Gasteiger partial charge on any atom is -0.480 e. The van der Waals surface area contributed by atoms with Crippen LogP contribution < -0.4 is 26.2 Å². The molecule has 334 valence electrons. The molecule has 0 aliphatic carbocycles. The van der Waals surface area contributed by atoms with Crippen molar-refractivity contribution < 1.29 is 58.3 Å². The van der Waals surface area contributed by atoms with Crippen molar-refractivity contribution in [1.82, 2.24) is 45.2 Å². The van der Waals surface area contributed by atoms with E-state index in [9.17, 15) is 44.1 Å². The van der Waals surface area contributed by atoms with Crippen LogP contribution in [-0.2, 0) is 43.0 Å². The Morgan fingerprint density at radius 1 is 0.610 bits per heavy atom. The molecule has 3 amide bonds. The third-order valence-corrected chi connectivity index (χ3v) is 8.55. The second-order valence-corrected chi connectivity index (χ2v) is 13.7. The number of unbranched alkanes of at least 4 members (excludes halogenated alkanes) is 1. The number of hydrogen-bond donors (Lipinski definition) is 7. The first kappa shape index (κ1) is 50.3. The van der Waals surface area contributed by atoms with Gasteiger partial charge in [-0.3, -0.25) is 53.7 Å². The zero-order valence-electron chi connectivity index (χ0n) is 34.1. The molecule has 0 spiro atoms. The number of carboxylic acid groups (broad SMARTS) is 3. The van der Waals surface area contributed by atoms with Crippen LogP contribution in [0.4, 0.5) is 17.8 Å². The van der Waals surface area contributed by atoms with Gasteiger partial charge >= 0.3 is 17.9 Å². The summed E-state index contributed by atoms with van der Waals surface area (Å²) < 4.78 is 16.1. The van der Waals surface area contributed by atoms with Crippen LogP contribution in [0.2, 0.25) is 0 Å². The molecule has 0 radical (unpaired) electrons. The Balaban J connectivity index is 1.79. The Bertz CT molecular complexity index is 1400. The van der Waals surface area contributed by atoms with E-state index in [0.717, 1.165) is 0 Å². The van der Waals surface area contributed by atoms with Crippen LogP contribution in [0.3, 0.4) is 0 Å². The number of nitrogens with one attached hydrogen (secondary N) is 4. The molecule has 24 heteroatoms. The molecule has 0 atom stereocenters. The summed E-state index contributed by atoms with van der Waals surface area (Å²) in [7, 11) is 3.52. The average molecular weight is 843 g/mol. The topological polar surface area (TPSA) is 294 Å². The molecular weight excluding hydrogens is 780 g/mol. The van der Waals surface area contributed by atoms with E-state index in [4.69, 9.17) is 14.2 Å². The van der Waals surface area contributed by atoms with Crippen molar-refractivity contribution in [2.45, 2.75) is 19.3 Å². The molecule has 1 fully saturated rings. The van der Waals surface area contributed by atoms with Gasteiger partial charge in [0.25, 0.3) is 0 Å². The smallest absolute Gasteiger partial charge is 0.317 e. The minimum atomic E-state index is -1.03. The number of carboxylic acids is 3. The Kier molecular flexibility index (Phi) is 25.8. The third-order valence-electron chi connectivity index (χ3n) is 8.55. The van der Waals surface area contributed by atoms with E-state index in [-0.39, 0.29) is 76.0 Å². The van der Waals surface area contributed by atoms with Crippen molar-refractivity contribution in [3.05, 3.63) is 0 Å². The maximum absolute atomic E-state index is 13.0. The highest BCUT2D eigenvalue weighted by atomic mass is 16.5. The van der Waals surface area contributed by atoms with Crippen molar-refractivity contribution in [2.75, 3.05) is 167 Å². The van der Waals surface area contributed by atoms with Gasteiger partial charge in [-0.15, -0.1) is 0 Å². The van der Waals surface area contributed by atoms with Gasteiger partial charge in [-0.1, -0.05) is 0 Å². The Morgan fingerprint density at radius 3 is 1.56 bits per heavy atom. The first-order chi connectivity index (χ1) is 28.3. The summed E-state index contributed by atoms with van der Waals surface area (Å²) in [5, 5.41) is 39.4. The summed E-state index contributed by atoms with van der Waals surface area (Å²) in [4.78, 5) is 91.7. The molecule has 1 aliphatic rings. The van der Waals surface area contributed by atoms with Crippen LogP contribution in [0.25, 0.3) is 0 Å². The predicted octanol–water partition coefficient (Wildman–Crippen LogP) is -3.15. The molecule has 1 aromatic rings.